The van der Waals surface area contributed by atoms with E-state index in [0.717, 1.165) is 0 Å². The summed E-state index contributed by atoms with van der Waals surface area (Å²) >= 11 is 5.79. The molecule has 0 amide bonds. The van der Waals surface area contributed by atoms with Crippen molar-refractivity contribution in [1.82, 2.24) is 9.78 Å². The van der Waals surface area contributed by atoms with Crippen LogP contribution in [-0.4, -0.2) is 22.7 Å². The molecule has 0 spiro atoms. The van der Waals surface area contributed by atoms with Crippen LogP contribution in [0.5, 0.6) is 5.75 Å². The molecule has 1 atom stereocenters. The number of ketones is 1. The molecule has 0 fully saturated rings. The SMILES string of the molecule is COc1cnn(C(C)C(=O)c2ccc(Cl)cc2)c1. The molecule has 0 aliphatic heterocycles. The molecule has 0 aliphatic rings. The number of Topliss-reactive ketones (excluding diaryl/α,β-unsaturated/α-hetero) is 1. The summed E-state index contributed by atoms with van der Waals surface area (Å²) in [7, 11) is 1.56. The van der Waals surface area contributed by atoms with Crippen LogP contribution in [0.3, 0.4) is 0 Å². The van der Waals surface area contributed by atoms with Crippen molar-refractivity contribution in [3.8, 4) is 5.75 Å². The molecule has 1 aromatic heterocycles. The van der Waals surface area contributed by atoms with E-state index in [1.54, 1.807) is 55.4 Å². The fourth-order valence-corrected chi connectivity index (χ4v) is 1.74. The second-order valence-electron chi connectivity index (χ2n) is 3.91. The number of nitrogens with zero attached hydrogens (tertiary/aromatic N) is 2. The van der Waals surface area contributed by atoms with Gasteiger partial charge in [0.25, 0.3) is 0 Å². The topological polar surface area (TPSA) is 44.1 Å². The van der Waals surface area contributed by atoms with E-state index in [-0.39, 0.29) is 11.8 Å². The maximum Gasteiger partial charge on any atom is 0.187 e. The fraction of sp³-hybridized carbons (Fsp3) is 0.231. The molecule has 94 valence electrons. The summed E-state index contributed by atoms with van der Waals surface area (Å²) in [6.07, 6.45) is 3.27. The Morgan fingerprint density at radius 1 is 1.39 bits per heavy atom. The predicted octanol–water partition coefficient (Wildman–Crippen LogP) is 2.99. The largest absolute Gasteiger partial charge is 0.493 e. The second-order valence-corrected chi connectivity index (χ2v) is 4.34. The quantitative estimate of drug-likeness (QED) is 0.798. The lowest BCUT2D eigenvalue weighted by atomic mass is 10.1. The van der Waals surface area contributed by atoms with Gasteiger partial charge >= 0.3 is 0 Å². The van der Waals surface area contributed by atoms with E-state index in [1.807, 2.05) is 0 Å². The van der Waals surface area contributed by atoms with Crippen LogP contribution >= 0.6 is 11.6 Å². The number of halogens is 1. The third kappa shape index (κ3) is 2.54. The van der Waals surface area contributed by atoms with Gasteiger partial charge in [0.2, 0.25) is 0 Å². The number of ether oxygens (including phenoxy) is 1. The highest BCUT2D eigenvalue weighted by molar-refractivity contribution is 6.30. The summed E-state index contributed by atoms with van der Waals surface area (Å²) in [5.41, 5.74) is 0.612. The number of hydrogen-bond donors (Lipinski definition) is 0. The molecule has 2 aromatic rings. The Labute approximate surface area is 110 Å². The van der Waals surface area contributed by atoms with Crippen molar-refractivity contribution in [2.45, 2.75) is 13.0 Å². The van der Waals surface area contributed by atoms with E-state index in [0.29, 0.717) is 16.3 Å². The third-order valence-electron chi connectivity index (χ3n) is 2.72. The summed E-state index contributed by atoms with van der Waals surface area (Å²) in [5.74, 6) is 0.614. The maximum absolute atomic E-state index is 12.2. The minimum absolute atomic E-state index is 0.0163. The lowest BCUT2D eigenvalue weighted by Gasteiger charge is -2.10. The lowest BCUT2D eigenvalue weighted by molar-refractivity contribution is 0.0928. The molecule has 0 radical (unpaired) electrons. The molecule has 0 N–H and O–H groups in total. The molecule has 18 heavy (non-hydrogen) atoms. The van der Waals surface area contributed by atoms with Crippen molar-refractivity contribution in [2.24, 2.45) is 0 Å². The number of aromatic nitrogens is 2. The fourth-order valence-electron chi connectivity index (χ4n) is 1.61. The summed E-state index contributed by atoms with van der Waals surface area (Å²) in [6, 6.07) is 6.44. The first-order chi connectivity index (χ1) is 8.61. The van der Waals surface area contributed by atoms with Gasteiger partial charge < -0.3 is 4.74 Å². The van der Waals surface area contributed by atoms with Crippen molar-refractivity contribution >= 4 is 17.4 Å². The molecular weight excluding hydrogens is 252 g/mol. The first-order valence-electron chi connectivity index (χ1n) is 5.49. The number of benzene rings is 1. The van der Waals surface area contributed by atoms with Crippen molar-refractivity contribution in [3.63, 3.8) is 0 Å². The average Bonchev–Trinajstić information content (AvgIpc) is 2.86. The van der Waals surface area contributed by atoms with E-state index >= 15 is 0 Å². The third-order valence-corrected chi connectivity index (χ3v) is 2.97. The van der Waals surface area contributed by atoms with Crippen LogP contribution in [0.2, 0.25) is 5.02 Å². The first-order valence-corrected chi connectivity index (χ1v) is 5.87. The number of carbonyl (C=O) groups is 1. The minimum Gasteiger partial charge on any atom is -0.493 e. The van der Waals surface area contributed by atoms with Crippen LogP contribution in [0.15, 0.2) is 36.7 Å². The van der Waals surface area contributed by atoms with E-state index in [4.69, 9.17) is 16.3 Å². The smallest absolute Gasteiger partial charge is 0.187 e. The first kappa shape index (κ1) is 12.6. The molecule has 0 bridgehead atoms. The van der Waals surface area contributed by atoms with Crippen LogP contribution in [-0.2, 0) is 0 Å². The Kier molecular flexibility index (Phi) is 3.67. The zero-order chi connectivity index (χ0) is 13.1. The van der Waals surface area contributed by atoms with Crippen LogP contribution in [0.25, 0.3) is 0 Å². The van der Waals surface area contributed by atoms with Crippen LogP contribution in [0, 0.1) is 0 Å². The standard InChI is InChI=1S/C13H13ClN2O2/c1-9(16-8-12(18-2)7-15-16)13(17)10-3-5-11(14)6-4-10/h3-9H,1-2H3. The van der Waals surface area contributed by atoms with Crippen molar-refractivity contribution < 1.29 is 9.53 Å². The zero-order valence-electron chi connectivity index (χ0n) is 10.1. The molecule has 0 saturated heterocycles. The Balaban J connectivity index is 2.20. The molecule has 0 saturated carbocycles. The number of methoxy groups -OCH3 is 1. The van der Waals surface area contributed by atoms with Gasteiger partial charge in [-0.05, 0) is 31.2 Å². The molecule has 0 aliphatic carbocycles. The van der Waals surface area contributed by atoms with E-state index < -0.39 is 0 Å². The zero-order valence-corrected chi connectivity index (χ0v) is 10.9. The minimum atomic E-state index is -0.380. The van der Waals surface area contributed by atoms with Crippen molar-refractivity contribution in [3.05, 3.63) is 47.2 Å². The Hall–Kier alpha value is -1.81. The second kappa shape index (κ2) is 5.23. The van der Waals surface area contributed by atoms with E-state index in [9.17, 15) is 4.79 Å². The Bertz CT molecular complexity index is 548. The van der Waals surface area contributed by atoms with Gasteiger partial charge in [-0.15, -0.1) is 0 Å². The number of hydrogen-bond acceptors (Lipinski definition) is 3. The normalized spacial score (nSPS) is 12.2. The maximum atomic E-state index is 12.2. The van der Waals surface area contributed by atoms with Gasteiger partial charge in [-0.25, -0.2) is 0 Å². The van der Waals surface area contributed by atoms with Gasteiger partial charge in [0.15, 0.2) is 11.5 Å². The van der Waals surface area contributed by atoms with Gasteiger partial charge in [-0.2, -0.15) is 5.10 Å². The molecule has 1 unspecified atom stereocenters. The van der Waals surface area contributed by atoms with Crippen LogP contribution in [0.4, 0.5) is 0 Å². The van der Waals surface area contributed by atoms with Crippen LogP contribution < -0.4 is 4.74 Å². The predicted molar refractivity (Wildman–Crippen MR) is 69.3 cm³/mol. The van der Waals surface area contributed by atoms with Gasteiger partial charge in [0.1, 0.15) is 6.04 Å². The van der Waals surface area contributed by atoms with Crippen molar-refractivity contribution in [1.29, 1.82) is 0 Å². The number of carbonyl (C=O) groups excluding carboxylic acids is 1. The molecule has 1 aromatic carbocycles. The molecule has 4 nitrogen and oxygen atoms in total. The molecule has 2 rings (SSSR count). The van der Waals surface area contributed by atoms with Gasteiger partial charge in [0.05, 0.1) is 19.5 Å². The van der Waals surface area contributed by atoms with E-state index in [2.05, 4.69) is 5.10 Å². The molecule has 5 heteroatoms. The molecule has 1 heterocycles. The van der Waals surface area contributed by atoms with Gasteiger partial charge in [-0.1, -0.05) is 11.6 Å². The van der Waals surface area contributed by atoms with E-state index in [1.165, 1.54) is 0 Å². The summed E-state index contributed by atoms with van der Waals surface area (Å²) < 4.78 is 6.61. The highest BCUT2D eigenvalue weighted by Crippen LogP contribution is 2.18. The Morgan fingerprint density at radius 2 is 2.06 bits per heavy atom. The lowest BCUT2D eigenvalue weighted by Crippen LogP contribution is -2.17. The van der Waals surface area contributed by atoms with Gasteiger partial charge in [0, 0.05) is 10.6 Å². The van der Waals surface area contributed by atoms with Gasteiger partial charge in [-0.3, -0.25) is 9.48 Å². The van der Waals surface area contributed by atoms with Crippen molar-refractivity contribution in [2.75, 3.05) is 7.11 Å². The van der Waals surface area contributed by atoms with Crippen LogP contribution in [0.1, 0.15) is 23.3 Å². The summed E-state index contributed by atoms with van der Waals surface area (Å²) in [5, 5.41) is 4.71. The summed E-state index contributed by atoms with van der Waals surface area (Å²) in [4.78, 5) is 12.2. The monoisotopic (exact) mass is 264 g/mol. The highest BCUT2D eigenvalue weighted by Gasteiger charge is 2.17. The Morgan fingerprint density at radius 3 is 2.61 bits per heavy atom. The summed E-state index contributed by atoms with van der Waals surface area (Å²) in [6.45, 7) is 1.80. The molecular formula is C13H13ClN2O2. The highest BCUT2D eigenvalue weighted by atomic mass is 35.5. The average molecular weight is 265 g/mol. The number of rotatable bonds is 4.